The summed E-state index contributed by atoms with van der Waals surface area (Å²) in [6.45, 7) is 1.78. The maximum atomic E-state index is 12.8. The van der Waals surface area contributed by atoms with Crippen molar-refractivity contribution in [3.63, 3.8) is 0 Å². The third-order valence-corrected chi connectivity index (χ3v) is 3.74. The van der Waals surface area contributed by atoms with E-state index in [0.29, 0.717) is 11.4 Å². The summed E-state index contributed by atoms with van der Waals surface area (Å²) in [6, 6.07) is 14.3. The van der Waals surface area contributed by atoms with Crippen molar-refractivity contribution < 1.29 is 19.4 Å². The molecule has 0 aliphatic carbocycles. The molecular formula is C19H16N4O5. The van der Waals surface area contributed by atoms with Gasteiger partial charge in [0, 0.05) is 0 Å². The highest BCUT2D eigenvalue weighted by atomic mass is 16.5. The number of azo groups is 1. The Balaban J connectivity index is 2.03. The van der Waals surface area contributed by atoms with E-state index in [1.165, 1.54) is 28.9 Å². The van der Waals surface area contributed by atoms with Gasteiger partial charge in [-0.25, -0.2) is 14.3 Å². The van der Waals surface area contributed by atoms with Gasteiger partial charge in [0.15, 0.2) is 11.4 Å². The van der Waals surface area contributed by atoms with E-state index in [2.05, 4.69) is 15.3 Å². The van der Waals surface area contributed by atoms with Crippen LogP contribution in [0.25, 0.3) is 5.69 Å². The molecular weight excluding hydrogens is 364 g/mol. The molecule has 0 spiro atoms. The van der Waals surface area contributed by atoms with Gasteiger partial charge in [0.05, 0.1) is 23.5 Å². The van der Waals surface area contributed by atoms with Gasteiger partial charge < -0.3 is 9.84 Å². The highest BCUT2D eigenvalue weighted by molar-refractivity contribution is 5.92. The van der Waals surface area contributed by atoms with E-state index in [0.717, 1.165) is 0 Å². The maximum absolute atomic E-state index is 12.8. The SMILES string of the molecule is CCOC(=O)c1[nH]n(-c2ccccc2)c(=O)c1N=Nc1ccc(C(=O)O)cc1. The second-order valence-corrected chi connectivity index (χ2v) is 5.58. The van der Waals surface area contributed by atoms with Gasteiger partial charge >= 0.3 is 11.9 Å². The van der Waals surface area contributed by atoms with Crippen molar-refractivity contribution in [1.29, 1.82) is 0 Å². The summed E-state index contributed by atoms with van der Waals surface area (Å²) in [5, 5.41) is 19.5. The van der Waals surface area contributed by atoms with Gasteiger partial charge in [-0.1, -0.05) is 18.2 Å². The Bertz CT molecular complexity index is 1080. The maximum Gasteiger partial charge on any atom is 0.358 e. The van der Waals surface area contributed by atoms with Crippen LogP contribution in [0.15, 0.2) is 69.6 Å². The molecule has 0 aliphatic rings. The number of esters is 1. The zero-order chi connectivity index (χ0) is 20.1. The Labute approximate surface area is 158 Å². The number of nitrogens with one attached hydrogen (secondary N) is 1. The Morgan fingerprint density at radius 3 is 2.36 bits per heavy atom. The zero-order valence-corrected chi connectivity index (χ0v) is 14.8. The van der Waals surface area contributed by atoms with E-state index in [1.807, 2.05) is 0 Å². The van der Waals surface area contributed by atoms with Crippen LogP contribution in [0, 0.1) is 0 Å². The van der Waals surface area contributed by atoms with Crippen LogP contribution in [0.4, 0.5) is 11.4 Å². The van der Waals surface area contributed by atoms with Gasteiger partial charge in [-0.2, -0.15) is 5.11 Å². The molecule has 3 aromatic rings. The standard InChI is InChI=1S/C19H16N4O5/c1-2-28-19(27)16-15(17(24)23(22-16)14-6-4-3-5-7-14)21-20-13-10-8-12(9-11-13)18(25)26/h3-11,22H,2H2,1H3,(H,25,26). The molecule has 1 aromatic heterocycles. The first kappa shape index (κ1) is 18.8. The lowest BCUT2D eigenvalue weighted by molar-refractivity contribution is 0.0519. The molecule has 0 atom stereocenters. The fourth-order valence-electron chi connectivity index (χ4n) is 2.40. The normalized spacial score (nSPS) is 10.9. The molecule has 0 fully saturated rings. The number of para-hydroxylation sites is 1. The largest absolute Gasteiger partial charge is 0.478 e. The molecule has 0 saturated heterocycles. The van der Waals surface area contributed by atoms with Crippen LogP contribution in [-0.4, -0.2) is 33.4 Å². The summed E-state index contributed by atoms with van der Waals surface area (Å²) in [5.41, 5.74) is 0.0441. The fraction of sp³-hybridized carbons (Fsp3) is 0.105. The molecule has 2 N–H and O–H groups in total. The monoisotopic (exact) mass is 380 g/mol. The molecule has 2 aromatic carbocycles. The molecule has 9 heteroatoms. The van der Waals surface area contributed by atoms with Gasteiger partial charge in [-0.3, -0.25) is 9.89 Å². The van der Waals surface area contributed by atoms with Crippen molar-refractivity contribution >= 4 is 23.3 Å². The number of aromatic amines is 1. The minimum absolute atomic E-state index is 0.0965. The van der Waals surface area contributed by atoms with Crippen molar-refractivity contribution in [3.8, 4) is 5.69 Å². The Hall–Kier alpha value is -4.01. The van der Waals surface area contributed by atoms with Crippen LogP contribution in [0.5, 0.6) is 0 Å². The van der Waals surface area contributed by atoms with Gasteiger partial charge in [-0.05, 0) is 43.3 Å². The predicted octanol–water partition coefficient (Wildman–Crippen LogP) is 3.46. The Morgan fingerprint density at radius 2 is 1.75 bits per heavy atom. The summed E-state index contributed by atoms with van der Waals surface area (Å²) in [6.07, 6.45) is 0. The summed E-state index contributed by atoms with van der Waals surface area (Å²) in [4.78, 5) is 35.9. The van der Waals surface area contributed by atoms with E-state index in [1.54, 1.807) is 37.3 Å². The number of nitrogens with zero attached hydrogens (tertiary/aromatic N) is 3. The fourth-order valence-corrected chi connectivity index (χ4v) is 2.40. The molecule has 0 unspecified atom stereocenters. The third kappa shape index (κ3) is 3.88. The number of carboxylic acid groups (broad SMARTS) is 1. The molecule has 0 aliphatic heterocycles. The van der Waals surface area contributed by atoms with Gasteiger partial charge in [0.25, 0.3) is 5.56 Å². The minimum atomic E-state index is -1.07. The van der Waals surface area contributed by atoms with Crippen LogP contribution in [0.2, 0.25) is 0 Å². The van der Waals surface area contributed by atoms with E-state index in [4.69, 9.17) is 9.84 Å². The van der Waals surface area contributed by atoms with Crippen molar-refractivity contribution in [1.82, 2.24) is 9.78 Å². The summed E-state index contributed by atoms with van der Waals surface area (Å²) in [7, 11) is 0. The second-order valence-electron chi connectivity index (χ2n) is 5.58. The number of aromatic nitrogens is 2. The Morgan fingerprint density at radius 1 is 1.07 bits per heavy atom. The summed E-state index contributed by atoms with van der Waals surface area (Å²) in [5.74, 6) is -1.80. The minimum Gasteiger partial charge on any atom is -0.478 e. The molecule has 142 valence electrons. The predicted molar refractivity (Wildman–Crippen MR) is 99.9 cm³/mol. The topological polar surface area (TPSA) is 126 Å². The first-order valence-corrected chi connectivity index (χ1v) is 8.34. The zero-order valence-electron chi connectivity index (χ0n) is 14.8. The van der Waals surface area contributed by atoms with Crippen molar-refractivity contribution in [2.24, 2.45) is 10.2 Å². The number of ether oxygens (including phenoxy) is 1. The molecule has 3 rings (SSSR count). The van der Waals surface area contributed by atoms with Gasteiger partial charge in [0.1, 0.15) is 0 Å². The average molecular weight is 380 g/mol. The quantitative estimate of drug-likeness (QED) is 0.500. The lowest BCUT2D eigenvalue weighted by atomic mass is 10.2. The summed E-state index contributed by atoms with van der Waals surface area (Å²) >= 11 is 0. The van der Waals surface area contributed by atoms with E-state index in [9.17, 15) is 14.4 Å². The highest BCUT2D eigenvalue weighted by Gasteiger charge is 2.22. The first-order valence-electron chi connectivity index (χ1n) is 8.34. The molecule has 9 nitrogen and oxygen atoms in total. The number of carbonyl (C=O) groups is 2. The second kappa shape index (κ2) is 8.12. The number of H-pyrrole nitrogens is 1. The van der Waals surface area contributed by atoms with Crippen LogP contribution in [-0.2, 0) is 4.74 Å². The number of aromatic carboxylic acids is 1. The van der Waals surface area contributed by atoms with Crippen LogP contribution in [0.1, 0.15) is 27.8 Å². The molecule has 0 amide bonds. The van der Waals surface area contributed by atoms with Gasteiger partial charge in [0.2, 0.25) is 0 Å². The number of rotatable bonds is 6. The number of hydrogen-bond donors (Lipinski definition) is 2. The van der Waals surface area contributed by atoms with E-state index >= 15 is 0 Å². The lowest BCUT2D eigenvalue weighted by Gasteiger charge is -2.01. The van der Waals surface area contributed by atoms with Crippen molar-refractivity contribution in [2.75, 3.05) is 6.61 Å². The number of hydrogen-bond acceptors (Lipinski definition) is 6. The van der Waals surface area contributed by atoms with Crippen LogP contribution < -0.4 is 5.56 Å². The molecule has 0 radical (unpaired) electrons. The van der Waals surface area contributed by atoms with Crippen molar-refractivity contribution in [2.45, 2.75) is 6.92 Å². The Kier molecular flexibility index (Phi) is 5.45. The molecule has 28 heavy (non-hydrogen) atoms. The van der Waals surface area contributed by atoms with Crippen molar-refractivity contribution in [3.05, 3.63) is 76.2 Å². The van der Waals surface area contributed by atoms with Crippen LogP contribution >= 0.6 is 0 Å². The highest BCUT2D eigenvalue weighted by Crippen LogP contribution is 2.20. The molecule has 1 heterocycles. The van der Waals surface area contributed by atoms with E-state index in [-0.39, 0.29) is 23.6 Å². The summed E-state index contributed by atoms with van der Waals surface area (Å²) < 4.78 is 6.15. The average Bonchev–Trinajstić information content (AvgIpc) is 3.04. The molecule has 0 bridgehead atoms. The van der Waals surface area contributed by atoms with Crippen LogP contribution in [0.3, 0.4) is 0 Å². The van der Waals surface area contributed by atoms with Gasteiger partial charge in [-0.15, -0.1) is 5.11 Å². The smallest absolute Gasteiger partial charge is 0.358 e. The third-order valence-electron chi connectivity index (χ3n) is 3.74. The molecule has 0 saturated carbocycles. The van der Waals surface area contributed by atoms with E-state index < -0.39 is 17.5 Å². The number of carboxylic acids is 1. The first-order chi connectivity index (χ1) is 13.5. The number of carbonyl (C=O) groups excluding carboxylic acids is 1. The lowest BCUT2D eigenvalue weighted by Crippen LogP contribution is -2.13. The number of benzene rings is 2.